The second kappa shape index (κ2) is 7.14. The maximum atomic E-state index is 12.8. The third kappa shape index (κ3) is 3.26. The van der Waals surface area contributed by atoms with E-state index in [1.165, 1.54) is 23.3 Å². The zero-order valence-corrected chi connectivity index (χ0v) is 16.2. The van der Waals surface area contributed by atoms with Gasteiger partial charge in [0.25, 0.3) is 5.91 Å². The van der Waals surface area contributed by atoms with Gasteiger partial charge in [-0.2, -0.15) is 0 Å². The number of thiophene rings is 1. The first kappa shape index (κ1) is 17.9. The predicted molar refractivity (Wildman–Crippen MR) is 98.9 cm³/mol. The zero-order valence-electron chi connectivity index (χ0n) is 15.4. The molecule has 0 radical (unpaired) electrons. The lowest BCUT2D eigenvalue weighted by molar-refractivity contribution is 0.0212. The minimum Gasteiger partial charge on any atom is -0.380 e. The van der Waals surface area contributed by atoms with E-state index < -0.39 is 0 Å². The molecular weight excluding hydrogens is 320 g/mol. The van der Waals surface area contributed by atoms with Gasteiger partial charge in [0, 0.05) is 36.2 Å². The average Bonchev–Trinajstić information content (AvgIpc) is 3.07. The molecule has 0 N–H and O–H groups in total. The molecule has 24 heavy (non-hydrogen) atoms. The van der Waals surface area contributed by atoms with E-state index in [-0.39, 0.29) is 11.4 Å². The summed E-state index contributed by atoms with van der Waals surface area (Å²) in [6.07, 6.45) is 4.62. The van der Waals surface area contributed by atoms with E-state index >= 15 is 0 Å². The molecule has 1 aromatic heterocycles. The molecule has 1 aromatic rings. The molecule has 2 aliphatic heterocycles. The molecule has 1 spiro atoms. The first-order valence-corrected chi connectivity index (χ1v) is 9.95. The highest BCUT2D eigenvalue weighted by Gasteiger charge is 2.46. The molecule has 3 rings (SSSR count). The van der Waals surface area contributed by atoms with Crippen LogP contribution >= 0.6 is 11.3 Å². The highest BCUT2D eigenvalue weighted by molar-refractivity contribution is 7.14. The standard InChI is InChI=1S/C19H30N2O2S/c1-5-23-13-16-6-7-19(20(16)4)8-10-21(11-9-19)18(22)17-12-14(2)15(3)24-17/h12,16H,5-11,13H2,1-4H3. The second-order valence-electron chi connectivity index (χ2n) is 7.33. The Morgan fingerprint density at radius 2 is 2.04 bits per heavy atom. The number of nitrogens with zero attached hydrogens (tertiary/aromatic N) is 2. The van der Waals surface area contributed by atoms with Crippen molar-refractivity contribution in [3.63, 3.8) is 0 Å². The summed E-state index contributed by atoms with van der Waals surface area (Å²) in [6.45, 7) is 9.61. The SMILES string of the molecule is CCOCC1CCC2(CCN(C(=O)c3cc(C)c(C)s3)CC2)N1C. The van der Waals surface area contributed by atoms with Crippen LogP contribution in [0.15, 0.2) is 6.07 Å². The van der Waals surface area contributed by atoms with Gasteiger partial charge in [-0.1, -0.05) is 0 Å². The van der Waals surface area contributed by atoms with Crippen LogP contribution in [0, 0.1) is 13.8 Å². The summed E-state index contributed by atoms with van der Waals surface area (Å²) in [5, 5.41) is 0. The number of amides is 1. The van der Waals surface area contributed by atoms with Gasteiger partial charge in [0.1, 0.15) is 0 Å². The lowest BCUT2D eigenvalue weighted by Crippen LogP contribution is -2.54. The molecule has 1 atom stereocenters. The Morgan fingerprint density at radius 3 is 2.62 bits per heavy atom. The van der Waals surface area contributed by atoms with Crippen LogP contribution in [-0.2, 0) is 4.74 Å². The summed E-state index contributed by atoms with van der Waals surface area (Å²) in [5.41, 5.74) is 1.51. The van der Waals surface area contributed by atoms with Crippen LogP contribution in [-0.4, -0.2) is 60.6 Å². The quantitative estimate of drug-likeness (QED) is 0.833. The van der Waals surface area contributed by atoms with E-state index in [1.807, 2.05) is 6.07 Å². The number of carbonyl (C=O) groups excluding carboxylic acids is 1. The number of likely N-dealkylation sites (tertiary alicyclic amines) is 2. The van der Waals surface area contributed by atoms with Gasteiger partial charge < -0.3 is 9.64 Å². The molecule has 3 heterocycles. The fourth-order valence-corrected chi connectivity index (χ4v) is 5.21. The first-order chi connectivity index (χ1) is 11.5. The third-order valence-electron chi connectivity index (χ3n) is 6.11. The average molecular weight is 351 g/mol. The molecule has 0 aromatic carbocycles. The van der Waals surface area contributed by atoms with E-state index in [9.17, 15) is 4.79 Å². The number of carbonyl (C=O) groups is 1. The summed E-state index contributed by atoms with van der Waals surface area (Å²) < 4.78 is 5.65. The van der Waals surface area contributed by atoms with Crippen molar-refractivity contribution in [3.05, 3.63) is 21.4 Å². The van der Waals surface area contributed by atoms with Crippen LogP contribution in [0.3, 0.4) is 0 Å². The van der Waals surface area contributed by atoms with E-state index in [4.69, 9.17) is 4.74 Å². The number of hydrogen-bond acceptors (Lipinski definition) is 4. The summed E-state index contributed by atoms with van der Waals surface area (Å²) >= 11 is 1.63. The number of piperidine rings is 1. The monoisotopic (exact) mass is 350 g/mol. The van der Waals surface area contributed by atoms with E-state index in [0.29, 0.717) is 6.04 Å². The van der Waals surface area contributed by atoms with E-state index in [2.05, 4.69) is 37.6 Å². The molecule has 2 aliphatic rings. The fraction of sp³-hybridized carbons (Fsp3) is 0.737. The van der Waals surface area contributed by atoms with Crippen LogP contribution in [0.1, 0.15) is 52.7 Å². The summed E-state index contributed by atoms with van der Waals surface area (Å²) in [7, 11) is 2.25. The molecule has 5 heteroatoms. The summed E-state index contributed by atoms with van der Waals surface area (Å²) in [6, 6.07) is 2.58. The van der Waals surface area contributed by atoms with Crippen molar-refractivity contribution in [2.75, 3.05) is 33.4 Å². The minimum absolute atomic E-state index is 0.220. The van der Waals surface area contributed by atoms with Gasteiger partial charge in [0.15, 0.2) is 0 Å². The largest absolute Gasteiger partial charge is 0.380 e. The lowest BCUT2D eigenvalue weighted by atomic mass is 9.85. The van der Waals surface area contributed by atoms with Crippen molar-refractivity contribution in [1.29, 1.82) is 0 Å². The molecular formula is C19H30N2O2S. The zero-order chi connectivity index (χ0) is 17.3. The van der Waals surface area contributed by atoms with Gasteiger partial charge in [-0.25, -0.2) is 0 Å². The molecule has 0 saturated carbocycles. The summed E-state index contributed by atoms with van der Waals surface area (Å²) in [4.78, 5) is 19.5. The molecule has 0 bridgehead atoms. The van der Waals surface area contributed by atoms with Crippen molar-refractivity contribution in [1.82, 2.24) is 9.80 Å². The van der Waals surface area contributed by atoms with Gasteiger partial charge in [-0.05, 0) is 65.1 Å². The first-order valence-electron chi connectivity index (χ1n) is 9.14. The van der Waals surface area contributed by atoms with Crippen LogP contribution in [0.2, 0.25) is 0 Å². The summed E-state index contributed by atoms with van der Waals surface area (Å²) in [5.74, 6) is 0.220. The van der Waals surface area contributed by atoms with Gasteiger partial charge in [0.2, 0.25) is 0 Å². The topological polar surface area (TPSA) is 32.8 Å². The Labute approximate surface area is 149 Å². The third-order valence-corrected chi connectivity index (χ3v) is 7.25. The Hall–Kier alpha value is -0.910. The highest BCUT2D eigenvalue weighted by atomic mass is 32.1. The van der Waals surface area contributed by atoms with Crippen molar-refractivity contribution in [2.24, 2.45) is 0 Å². The molecule has 0 aliphatic carbocycles. The predicted octanol–water partition coefficient (Wildman–Crippen LogP) is 3.47. The Morgan fingerprint density at radius 1 is 1.33 bits per heavy atom. The van der Waals surface area contributed by atoms with Crippen LogP contribution in [0.5, 0.6) is 0 Å². The number of rotatable bonds is 4. The molecule has 134 valence electrons. The van der Waals surface area contributed by atoms with Crippen LogP contribution in [0.4, 0.5) is 0 Å². The Kier molecular flexibility index (Phi) is 5.33. The number of hydrogen-bond donors (Lipinski definition) is 0. The molecule has 2 saturated heterocycles. The van der Waals surface area contributed by atoms with Gasteiger partial charge >= 0.3 is 0 Å². The van der Waals surface area contributed by atoms with E-state index in [0.717, 1.165) is 44.0 Å². The number of likely N-dealkylation sites (N-methyl/N-ethyl adjacent to an activating group) is 1. The fourth-order valence-electron chi connectivity index (χ4n) is 4.20. The maximum Gasteiger partial charge on any atom is 0.263 e. The van der Waals surface area contributed by atoms with Crippen LogP contribution in [0.25, 0.3) is 0 Å². The Bertz CT molecular complexity index is 571. The van der Waals surface area contributed by atoms with Crippen molar-refractivity contribution < 1.29 is 9.53 Å². The number of aryl methyl sites for hydroxylation is 2. The second-order valence-corrected chi connectivity index (χ2v) is 8.59. The van der Waals surface area contributed by atoms with Gasteiger partial charge in [-0.15, -0.1) is 11.3 Å². The lowest BCUT2D eigenvalue weighted by Gasteiger charge is -2.45. The van der Waals surface area contributed by atoms with Crippen molar-refractivity contribution in [3.8, 4) is 0 Å². The maximum absolute atomic E-state index is 12.8. The smallest absolute Gasteiger partial charge is 0.263 e. The van der Waals surface area contributed by atoms with Crippen LogP contribution < -0.4 is 0 Å². The van der Waals surface area contributed by atoms with Crippen molar-refractivity contribution in [2.45, 2.75) is 58.0 Å². The Balaban J connectivity index is 1.60. The number of ether oxygens (including phenoxy) is 1. The molecule has 2 fully saturated rings. The van der Waals surface area contributed by atoms with Gasteiger partial charge in [0.05, 0.1) is 11.5 Å². The minimum atomic E-state index is 0.220. The molecule has 1 amide bonds. The van der Waals surface area contributed by atoms with E-state index in [1.54, 1.807) is 11.3 Å². The van der Waals surface area contributed by atoms with Crippen molar-refractivity contribution >= 4 is 17.2 Å². The van der Waals surface area contributed by atoms with Gasteiger partial charge in [-0.3, -0.25) is 9.69 Å². The normalized spacial score (nSPS) is 24.0. The highest BCUT2D eigenvalue weighted by Crippen LogP contribution is 2.41. The molecule has 1 unspecified atom stereocenters. The molecule has 4 nitrogen and oxygen atoms in total.